The second-order valence-corrected chi connectivity index (χ2v) is 7.09. The topological polar surface area (TPSA) is 63.4 Å². The molecule has 0 aliphatic carbocycles. The maximum absolute atomic E-state index is 5.86. The van der Waals surface area contributed by atoms with Crippen LogP contribution in [0.2, 0.25) is 0 Å². The molecular formula is C18H20N4O2S. The van der Waals surface area contributed by atoms with Crippen LogP contribution >= 0.6 is 11.3 Å². The molecule has 2 aromatic heterocycles. The molecule has 1 aliphatic heterocycles. The SMILES string of the molecule is CN1CCNCC1c1noc(-c2cccc(OCc3cccs3)c2)n1. The predicted octanol–water partition coefficient (Wildman–Crippen LogP) is 2.95. The number of aromatic nitrogens is 2. The average molecular weight is 356 g/mol. The van der Waals surface area contributed by atoms with Gasteiger partial charge in [0.15, 0.2) is 5.82 Å². The lowest BCUT2D eigenvalue weighted by Gasteiger charge is -2.30. The Morgan fingerprint density at radius 2 is 2.32 bits per heavy atom. The third-order valence-electron chi connectivity index (χ3n) is 4.29. The van der Waals surface area contributed by atoms with Crippen LogP contribution in [0.1, 0.15) is 16.7 Å². The fourth-order valence-corrected chi connectivity index (χ4v) is 3.47. The van der Waals surface area contributed by atoms with E-state index in [0.29, 0.717) is 12.5 Å². The van der Waals surface area contributed by atoms with E-state index < -0.39 is 0 Å². The summed E-state index contributed by atoms with van der Waals surface area (Å²) in [5, 5.41) is 9.59. The number of ether oxygens (including phenoxy) is 1. The molecule has 0 spiro atoms. The summed E-state index contributed by atoms with van der Waals surface area (Å²) in [6, 6.07) is 12.0. The van der Waals surface area contributed by atoms with Crippen LogP contribution in [0.3, 0.4) is 0 Å². The van der Waals surface area contributed by atoms with Crippen LogP contribution in [0.25, 0.3) is 11.5 Å². The van der Waals surface area contributed by atoms with Crippen molar-refractivity contribution in [3.63, 3.8) is 0 Å². The van der Waals surface area contributed by atoms with E-state index in [1.54, 1.807) is 11.3 Å². The third kappa shape index (κ3) is 3.73. The van der Waals surface area contributed by atoms with Gasteiger partial charge in [-0.3, -0.25) is 4.90 Å². The molecule has 25 heavy (non-hydrogen) atoms. The first-order chi connectivity index (χ1) is 12.3. The molecule has 6 nitrogen and oxygen atoms in total. The van der Waals surface area contributed by atoms with E-state index in [9.17, 15) is 0 Å². The standard InChI is InChI=1S/C18H20N4O2S/c1-22-8-7-19-11-16(22)17-20-18(24-21-17)13-4-2-5-14(10-13)23-12-15-6-3-9-25-15/h2-6,9-10,16,19H,7-8,11-12H2,1H3. The largest absolute Gasteiger partial charge is 0.488 e. The number of piperazine rings is 1. The highest BCUT2D eigenvalue weighted by atomic mass is 32.1. The Bertz CT molecular complexity index is 818. The van der Waals surface area contributed by atoms with Gasteiger partial charge in [0.05, 0.1) is 6.04 Å². The lowest BCUT2D eigenvalue weighted by atomic mass is 10.2. The summed E-state index contributed by atoms with van der Waals surface area (Å²) in [4.78, 5) is 8.03. The monoisotopic (exact) mass is 356 g/mol. The maximum Gasteiger partial charge on any atom is 0.258 e. The fourth-order valence-electron chi connectivity index (χ4n) is 2.85. The predicted molar refractivity (Wildman–Crippen MR) is 96.6 cm³/mol. The van der Waals surface area contributed by atoms with Gasteiger partial charge in [0.1, 0.15) is 12.4 Å². The van der Waals surface area contributed by atoms with Gasteiger partial charge in [-0.2, -0.15) is 4.98 Å². The smallest absolute Gasteiger partial charge is 0.258 e. The van der Waals surface area contributed by atoms with Crippen molar-refractivity contribution < 1.29 is 9.26 Å². The molecule has 3 aromatic rings. The Hall–Kier alpha value is -2.22. The second kappa shape index (κ2) is 7.35. The van der Waals surface area contributed by atoms with Crippen LogP contribution in [0, 0.1) is 0 Å². The first-order valence-corrected chi connectivity index (χ1v) is 9.18. The van der Waals surface area contributed by atoms with E-state index in [-0.39, 0.29) is 6.04 Å². The van der Waals surface area contributed by atoms with Gasteiger partial charge < -0.3 is 14.6 Å². The highest BCUT2D eigenvalue weighted by Crippen LogP contribution is 2.26. The zero-order valence-corrected chi connectivity index (χ0v) is 14.8. The third-order valence-corrected chi connectivity index (χ3v) is 5.14. The lowest BCUT2D eigenvalue weighted by molar-refractivity contribution is 0.190. The second-order valence-electron chi connectivity index (χ2n) is 6.05. The zero-order valence-electron chi connectivity index (χ0n) is 14.0. The number of nitrogens with zero attached hydrogens (tertiary/aromatic N) is 3. The van der Waals surface area contributed by atoms with Crippen LogP contribution in [0.5, 0.6) is 5.75 Å². The Labute approximate surface area is 150 Å². The molecule has 1 fully saturated rings. The van der Waals surface area contributed by atoms with Crippen molar-refractivity contribution in [1.82, 2.24) is 20.4 Å². The highest BCUT2D eigenvalue weighted by Gasteiger charge is 2.25. The molecule has 1 saturated heterocycles. The molecule has 1 aromatic carbocycles. The molecule has 0 amide bonds. The number of hydrogen-bond acceptors (Lipinski definition) is 7. The van der Waals surface area contributed by atoms with Gasteiger partial charge in [-0.1, -0.05) is 17.3 Å². The number of thiophene rings is 1. The summed E-state index contributed by atoms with van der Waals surface area (Å²) in [5.41, 5.74) is 0.869. The highest BCUT2D eigenvalue weighted by molar-refractivity contribution is 7.09. The van der Waals surface area contributed by atoms with E-state index in [1.807, 2.05) is 35.7 Å². The molecule has 1 aliphatic rings. The van der Waals surface area contributed by atoms with Crippen molar-refractivity contribution in [1.29, 1.82) is 0 Å². The average Bonchev–Trinajstić information content (AvgIpc) is 3.33. The van der Waals surface area contributed by atoms with Crippen LogP contribution < -0.4 is 10.1 Å². The Kier molecular flexibility index (Phi) is 4.78. The van der Waals surface area contributed by atoms with E-state index in [1.165, 1.54) is 4.88 Å². The van der Waals surface area contributed by atoms with Crippen molar-refractivity contribution >= 4 is 11.3 Å². The number of nitrogens with one attached hydrogen (secondary N) is 1. The minimum Gasteiger partial charge on any atom is -0.488 e. The normalized spacial score (nSPS) is 18.4. The first kappa shape index (κ1) is 16.3. The number of rotatable bonds is 5. The van der Waals surface area contributed by atoms with E-state index in [2.05, 4.69) is 33.5 Å². The van der Waals surface area contributed by atoms with Gasteiger partial charge in [-0.05, 0) is 36.7 Å². The number of hydrogen-bond donors (Lipinski definition) is 1. The zero-order chi connectivity index (χ0) is 17.1. The molecule has 4 rings (SSSR count). The van der Waals surface area contributed by atoms with Crippen molar-refractivity contribution in [2.75, 3.05) is 26.7 Å². The molecule has 1 unspecified atom stereocenters. The van der Waals surface area contributed by atoms with Crippen LogP contribution in [-0.2, 0) is 6.61 Å². The minimum absolute atomic E-state index is 0.143. The first-order valence-electron chi connectivity index (χ1n) is 8.30. The van der Waals surface area contributed by atoms with Crippen LogP contribution in [0.15, 0.2) is 46.3 Å². The maximum atomic E-state index is 5.86. The van der Waals surface area contributed by atoms with E-state index >= 15 is 0 Å². The van der Waals surface area contributed by atoms with Crippen LogP contribution in [0.4, 0.5) is 0 Å². The van der Waals surface area contributed by atoms with Crippen molar-refractivity contribution in [2.45, 2.75) is 12.6 Å². The van der Waals surface area contributed by atoms with Crippen molar-refractivity contribution in [3.8, 4) is 17.2 Å². The van der Waals surface area contributed by atoms with Gasteiger partial charge in [0.25, 0.3) is 5.89 Å². The molecule has 0 bridgehead atoms. The van der Waals surface area contributed by atoms with Gasteiger partial charge in [-0.25, -0.2) is 0 Å². The molecule has 0 radical (unpaired) electrons. The molecule has 1 N–H and O–H groups in total. The summed E-state index contributed by atoms with van der Waals surface area (Å²) in [7, 11) is 2.08. The van der Waals surface area contributed by atoms with E-state index in [4.69, 9.17) is 9.26 Å². The molecule has 3 heterocycles. The van der Waals surface area contributed by atoms with Gasteiger partial charge in [-0.15, -0.1) is 11.3 Å². The fraction of sp³-hybridized carbons (Fsp3) is 0.333. The van der Waals surface area contributed by atoms with Gasteiger partial charge in [0, 0.05) is 30.1 Å². The van der Waals surface area contributed by atoms with Gasteiger partial charge in [0.2, 0.25) is 0 Å². The van der Waals surface area contributed by atoms with Crippen LogP contribution in [-0.4, -0.2) is 41.7 Å². The summed E-state index contributed by atoms with van der Waals surface area (Å²) in [5.74, 6) is 2.03. The van der Waals surface area contributed by atoms with Gasteiger partial charge >= 0.3 is 0 Å². The molecule has 7 heteroatoms. The lowest BCUT2D eigenvalue weighted by Crippen LogP contribution is -2.44. The number of benzene rings is 1. The summed E-state index contributed by atoms with van der Waals surface area (Å²) in [6.07, 6.45) is 0. The van der Waals surface area contributed by atoms with E-state index in [0.717, 1.165) is 36.8 Å². The summed E-state index contributed by atoms with van der Waals surface area (Å²) >= 11 is 1.69. The molecule has 0 saturated carbocycles. The summed E-state index contributed by atoms with van der Waals surface area (Å²) in [6.45, 7) is 3.36. The molecule has 130 valence electrons. The Morgan fingerprint density at radius 3 is 3.16 bits per heavy atom. The minimum atomic E-state index is 0.143. The quantitative estimate of drug-likeness (QED) is 0.758. The molecule has 1 atom stereocenters. The summed E-state index contributed by atoms with van der Waals surface area (Å²) < 4.78 is 11.3. The van der Waals surface area contributed by atoms with Crippen molar-refractivity contribution in [2.24, 2.45) is 0 Å². The number of likely N-dealkylation sites (N-methyl/N-ethyl adjacent to an activating group) is 1. The molecular weight excluding hydrogens is 336 g/mol. The Balaban J connectivity index is 1.49. The van der Waals surface area contributed by atoms with Crippen molar-refractivity contribution in [3.05, 3.63) is 52.5 Å². The Morgan fingerprint density at radius 1 is 1.36 bits per heavy atom.